The molecule has 0 spiro atoms. The molecule has 0 saturated carbocycles. The third kappa shape index (κ3) is 2.28. The zero-order valence-corrected chi connectivity index (χ0v) is 9.59. The van der Waals surface area contributed by atoms with Crippen molar-refractivity contribution in [2.75, 3.05) is 11.4 Å². The monoisotopic (exact) mass is 234 g/mol. The molecule has 0 atom stereocenters. The van der Waals surface area contributed by atoms with E-state index in [0.29, 0.717) is 5.82 Å². The van der Waals surface area contributed by atoms with Crippen molar-refractivity contribution in [3.05, 3.63) is 41.8 Å². The highest BCUT2D eigenvalue weighted by molar-refractivity contribution is 6.28. The van der Waals surface area contributed by atoms with Crippen molar-refractivity contribution in [1.29, 1.82) is 0 Å². The summed E-state index contributed by atoms with van der Waals surface area (Å²) in [5, 5.41) is 7.58. The standard InChI is InChI=1S/C11H11ClN4/c1-2-16(9-6-4-3-5-7-9)10-8-13-15-11(12)14-10/h3-8H,2H2,1H3. The SMILES string of the molecule is CCN(c1ccccc1)c1cnnc(Cl)n1. The fraction of sp³-hybridized carbons (Fsp3) is 0.182. The summed E-state index contributed by atoms with van der Waals surface area (Å²) < 4.78 is 0. The summed E-state index contributed by atoms with van der Waals surface area (Å²) >= 11 is 5.72. The normalized spacial score (nSPS) is 10.1. The van der Waals surface area contributed by atoms with Gasteiger partial charge in [-0.2, -0.15) is 10.1 Å². The molecule has 0 amide bonds. The minimum atomic E-state index is 0.159. The van der Waals surface area contributed by atoms with Crippen LogP contribution >= 0.6 is 11.6 Å². The van der Waals surface area contributed by atoms with E-state index < -0.39 is 0 Å². The van der Waals surface area contributed by atoms with Crippen molar-refractivity contribution in [2.24, 2.45) is 0 Å². The Morgan fingerprint density at radius 3 is 2.62 bits per heavy atom. The molecule has 2 rings (SSSR count). The van der Waals surface area contributed by atoms with E-state index in [9.17, 15) is 0 Å². The van der Waals surface area contributed by atoms with Gasteiger partial charge in [0, 0.05) is 12.2 Å². The van der Waals surface area contributed by atoms with Crippen LogP contribution in [0.1, 0.15) is 6.92 Å². The summed E-state index contributed by atoms with van der Waals surface area (Å²) in [5.74, 6) is 0.703. The van der Waals surface area contributed by atoms with E-state index in [-0.39, 0.29) is 5.28 Å². The van der Waals surface area contributed by atoms with Crippen molar-refractivity contribution in [3.8, 4) is 0 Å². The lowest BCUT2D eigenvalue weighted by molar-refractivity contribution is 0.915. The molecule has 0 radical (unpaired) electrons. The van der Waals surface area contributed by atoms with Gasteiger partial charge in [0.15, 0.2) is 5.82 Å². The Morgan fingerprint density at radius 2 is 2.00 bits per heavy atom. The Kier molecular flexibility index (Phi) is 3.31. The van der Waals surface area contributed by atoms with Gasteiger partial charge in [0.25, 0.3) is 0 Å². The van der Waals surface area contributed by atoms with Gasteiger partial charge in [0.05, 0.1) is 6.20 Å². The van der Waals surface area contributed by atoms with Gasteiger partial charge in [0.2, 0.25) is 5.28 Å². The van der Waals surface area contributed by atoms with E-state index in [1.54, 1.807) is 6.20 Å². The summed E-state index contributed by atoms with van der Waals surface area (Å²) in [6, 6.07) is 9.96. The van der Waals surface area contributed by atoms with Crippen LogP contribution in [-0.2, 0) is 0 Å². The minimum Gasteiger partial charge on any atom is -0.325 e. The van der Waals surface area contributed by atoms with Gasteiger partial charge in [-0.25, -0.2) is 0 Å². The van der Waals surface area contributed by atoms with E-state index in [2.05, 4.69) is 15.2 Å². The van der Waals surface area contributed by atoms with Crippen molar-refractivity contribution in [1.82, 2.24) is 15.2 Å². The van der Waals surface area contributed by atoms with Crippen LogP contribution < -0.4 is 4.90 Å². The molecule has 2 aromatic rings. The van der Waals surface area contributed by atoms with Crippen LogP contribution in [0.15, 0.2) is 36.5 Å². The maximum absolute atomic E-state index is 5.72. The van der Waals surface area contributed by atoms with Gasteiger partial charge < -0.3 is 4.90 Å². The van der Waals surface area contributed by atoms with Crippen molar-refractivity contribution in [3.63, 3.8) is 0 Å². The highest BCUT2D eigenvalue weighted by atomic mass is 35.5. The minimum absolute atomic E-state index is 0.159. The summed E-state index contributed by atoms with van der Waals surface area (Å²) in [7, 11) is 0. The Hall–Kier alpha value is -1.68. The van der Waals surface area contributed by atoms with Crippen LogP contribution in [0.2, 0.25) is 5.28 Å². The van der Waals surface area contributed by atoms with E-state index >= 15 is 0 Å². The Balaban J connectivity index is 2.37. The molecule has 0 aliphatic carbocycles. The molecule has 16 heavy (non-hydrogen) atoms. The molecule has 1 heterocycles. The predicted molar refractivity (Wildman–Crippen MR) is 64.0 cm³/mol. The number of nitrogens with zero attached hydrogens (tertiary/aromatic N) is 4. The molecule has 0 fully saturated rings. The van der Waals surface area contributed by atoms with E-state index in [0.717, 1.165) is 12.2 Å². The van der Waals surface area contributed by atoms with E-state index in [1.165, 1.54) is 0 Å². The third-order valence-electron chi connectivity index (χ3n) is 2.18. The molecule has 0 unspecified atom stereocenters. The second-order valence-electron chi connectivity index (χ2n) is 3.16. The van der Waals surface area contributed by atoms with Crippen molar-refractivity contribution < 1.29 is 0 Å². The number of hydrogen-bond donors (Lipinski definition) is 0. The first-order chi connectivity index (χ1) is 7.81. The Labute approximate surface area is 98.9 Å². The topological polar surface area (TPSA) is 41.9 Å². The lowest BCUT2D eigenvalue weighted by atomic mass is 10.3. The maximum Gasteiger partial charge on any atom is 0.244 e. The number of anilines is 2. The number of aromatic nitrogens is 3. The molecule has 0 N–H and O–H groups in total. The van der Waals surface area contributed by atoms with Crippen LogP contribution in [0.4, 0.5) is 11.5 Å². The fourth-order valence-corrected chi connectivity index (χ4v) is 1.62. The number of hydrogen-bond acceptors (Lipinski definition) is 4. The quantitative estimate of drug-likeness (QED) is 0.819. The predicted octanol–water partition coefficient (Wildman–Crippen LogP) is 2.68. The average molecular weight is 235 g/mol. The molecule has 1 aromatic carbocycles. The second kappa shape index (κ2) is 4.90. The Morgan fingerprint density at radius 1 is 1.25 bits per heavy atom. The lowest BCUT2D eigenvalue weighted by Crippen LogP contribution is -2.17. The number of benzene rings is 1. The molecule has 0 bridgehead atoms. The summed E-state index contributed by atoms with van der Waals surface area (Å²) in [5.41, 5.74) is 1.06. The van der Waals surface area contributed by atoms with Gasteiger partial charge in [0.1, 0.15) is 0 Å². The van der Waals surface area contributed by atoms with Crippen LogP contribution in [0, 0.1) is 0 Å². The summed E-state index contributed by atoms with van der Waals surface area (Å²) in [6.07, 6.45) is 1.60. The largest absolute Gasteiger partial charge is 0.325 e. The maximum atomic E-state index is 5.72. The third-order valence-corrected chi connectivity index (χ3v) is 2.34. The molecule has 0 aliphatic rings. The first-order valence-electron chi connectivity index (χ1n) is 4.99. The van der Waals surface area contributed by atoms with Gasteiger partial charge in [-0.1, -0.05) is 18.2 Å². The van der Waals surface area contributed by atoms with E-state index in [4.69, 9.17) is 11.6 Å². The zero-order valence-electron chi connectivity index (χ0n) is 8.84. The number of halogens is 1. The molecule has 0 aliphatic heterocycles. The van der Waals surface area contributed by atoms with Gasteiger partial charge in [-0.05, 0) is 30.7 Å². The van der Waals surface area contributed by atoms with Crippen molar-refractivity contribution in [2.45, 2.75) is 6.92 Å². The van der Waals surface area contributed by atoms with Crippen LogP contribution in [0.25, 0.3) is 0 Å². The summed E-state index contributed by atoms with van der Waals surface area (Å²) in [4.78, 5) is 6.15. The molecular formula is C11H11ClN4. The molecule has 1 aromatic heterocycles. The van der Waals surface area contributed by atoms with Gasteiger partial charge in [-0.15, -0.1) is 5.10 Å². The van der Waals surface area contributed by atoms with Crippen LogP contribution in [-0.4, -0.2) is 21.7 Å². The first kappa shape index (κ1) is 10.8. The average Bonchev–Trinajstić information content (AvgIpc) is 2.31. The fourth-order valence-electron chi connectivity index (χ4n) is 1.49. The number of rotatable bonds is 3. The van der Waals surface area contributed by atoms with Crippen LogP contribution in [0.3, 0.4) is 0 Å². The van der Waals surface area contributed by atoms with Crippen molar-refractivity contribution >= 4 is 23.1 Å². The smallest absolute Gasteiger partial charge is 0.244 e. The first-order valence-corrected chi connectivity index (χ1v) is 5.37. The zero-order chi connectivity index (χ0) is 11.4. The van der Waals surface area contributed by atoms with E-state index in [1.807, 2.05) is 42.2 Å². The molecule has 4 nitrogen and oxygen atoms in total. The highest BCUT2D eigenvalue weighted by Gasteiger charge is 2.09. The molecular weight excluding hydrogens is 224 g/mol. The number of para-hydroxylation sites is 1. The van der Waals surface area contributed by atoms with Gasteiger partial charge in [-0.3, -0.25) is 0 Å². The summed E-state index contributed by atoms with van der Waals surface area (Å²) in [6.45, 7) is 2.84. The molecule has 5 heteroatoms. The molecule has 0 saturated heterocycles. The lowest BCUT2D eigenvalue weighted by Gasteiger charge is -2.21. The highest BCUT2D eigenvalue weighted by Crippen LogP contribution is 2.22. The second-order valence-corrected chi connectivity index (χ2v) is 3.50. The van der Waals surface area contributed by atoms with Gasteiger partial charge >= 0.3 is 0 Å². The molecule has 82 valence electrons. The van der Waals surface area contributed by atoms with Crippen LogP contribution in [0.5, 0.6) is 0 Å². The Bertz CT molecular complexity index is 461.